The third-order valence-electron chi connectivity index (χ3n) is 6.31. The molecule has 3 N–H and O–H groups in total. The smallest absolute Gasteiger partial charge is 0.319 e. The Morgan fingerprint density at radius 2 is 1.97 bits per heavy atom. The Labute approximate surface area is 209 Å². The molecule has 1 saturated heterocycles. The molecule has 188 valence electrons. The van der Waals surface area contributed by atoms with Crippen molar-refractivity contribution >= 4 is 23.5 Å². The Bertz CT molecular complexity index is 1190. The lowest BCUT2D eigenvalue weighted by Gasteiger charge is -2.38. The lowest BCUT2D eigenvalue weighted by atomic mass is 10.0. The van der Waals surface area contributed by atoms with E-state index >= 15 is 0 Å². The van der Waals surface area contributed by atoms with Crippen molar-refractivity contribution in [3.63, 3.8) is 0 Å². The molecule has 3 aromatic rings. The number of fused-ring (bicyclic) bond motifs is 1. The number of anilines is 3. The van der Waals surface area contributed by atoms with Crippen LogP contribution in [0.5, 0.6) is 0 Å². The number of amides is 2. The van der Waals surface area contributed by atoms with Gasteiger partial charge in [0.2, 0.25) is 5.95 Å². The number of benzene rings is 1. The van der Waals surface area contributed by atoms with E-state index in [0.29, 0.717) is 37.2 Å². The number of ether oxygens (including phenoxy) is 1. The summed E-state index contributed by atoms with van der Waals surface area (Å²) in [6.45, 7) is 5.73. The van der Waals surface area contributed by atoms with Gasteiger partial charge in [0.15, 0.2) is 5.82 Å². The average molecular weight is 491 g/mol. The second kappa shape index (κ2) is 10.8. The zero-order valence-electron chi connectivity index (χ0n) is 20.2. The molecule has 0 spiro atoms. The van der Waals surface area contributed by atoms with Gasteiger partial charge in [-0.3, -0.25) is 0 Å². The zero-order valence-corrected chi connectivity index (χ0v) is 20.2. The quantitative estimate of drug-likeness (QED) is 0.474. The second-order valence-electron chi connectivity index (χ2n) is 8.82. The summed E-state index contributed by atoms with van der Waals surface area (Å²) in [7, 11) is 0. The van der Waals surface area contributed by atoms with Crippen molar-refractivity contribution in [1.29, 1.82) is 0 Å². The minimum Gasteiger partial charge on any atom is -0.395 e. The molecular formula is C25H30N8O3. The molecule has 2 aliphatic rings. The van der Waals surface area contributed by atoms with Gasteiger partial charge in [-0.05, 0) is 37.3 Å². The number of carbonyl (C=O) groups is 1. The van der Waals surface area contributed by atoms with Crippen LogP contribution in [0.2, 0.25) is 0 Å². The van der Waals surface area contributed by atoms with Gasteiger partial charge < -0.3 is 30.3 Å². The minimum atomic E-state index is -0.364. The lowest BCUT2D eigenvalue weighted by molar-refractivity contribution is 0.0984. The van der Waals surface area contributed by atoms with Crippen LogP contribution >= 0.6 is 0 Å². The highest BCUT2D eigenvalue weighted by Crippen LogP contribution is 2.32. The van der Waals surface area contributed by atoms with E-state index in [0.717, 1.165) is 42.1 Å². The highest BCUT2D eigenvalue weighted by Gasteiger charge is 2.29. The monoisotopic (exact) mass is 490 g/mol. The van der Waals surface area contributed by atoms with Gasteiger partial charge >= 0.3 is 6.03 Å². The molecule has 0 saturated carbocycles. The summed E-state index contributed by atoms with van der Waals surface area (Å²) in [5.41, 5.74) is 3.65. The van der Waals surface area contributed by atoms with Gasteiger partial charge in [0.1, 0.15) is 5.82 Å². The molecule has 5 rings (SSSR count). The van der Waals surface area contributed by atoms with Crippen LogP contribution in [-0.4, -0.2) is 76.6 Å². The summed E-state index contributed by atoms with van der Waals surface area (Å²) in [6, 6.07) is 9.10. The fourth-order valence-electron chi connectivity index (χ4n) is 4.48. The number of carbonyl (C=O) groups excluding carboxylic acids is 1. The van der Waals surface area contributed by atoms with Crippen molar-refractivity contribution in [2.45, 2.75) is 25.9 Å². The first kappa shape index (κ1) is 23.9. The number of aliphatic hydroxyl groups is 1. The Morgan fingerprint density at radius 3 is 2.72 bits per heavy atom. The van der Waals surface area contributed by atoms with E-state index in [-0.39, 0.29) is 25.2 Å². The topological polar surface area (TPSA) is 129 Å². The fourth-order valence-corrected chi connectivity index (χ4v) is 4.48. The van der Waals surface area contributed by atoms with E-state index in [1.54, 1.807) is 12.4 Å². The molecular weight excluding hydrogens is 460 g/mol. The van der Waals surface area contributed by atoms with Gasteiger partial charge in [-0.1, -0.05) is 0 Å². The molecule has 2 aliphatic heterocycles. The molecule has 0 unspecified atom stereocenters. The van der Waals surface area contributed by atoms with Gasteiger partial charge in [-0.2, -0.15) is 0 Å². The largest absolute Gasteiger partial charge is 0.395 e. The van der Waals surface area contributed by atoms with Gasteiger partial charge in [-0.25, -0.2) is 24.7 Å². The first-order valence-electron chi connectivity index (χ1n) is 12.1. The number of morpholine rings is 1. The highest BCUT2D eigenvalue weighted by molar-refractivity contribution is 5.89. The van der Waals surface area contributed by atoms with E-state index < -0.39 is 0 Å². The first-order chi connectivity index (χ1) is 17.6. The van der Waals surface area contributed by atoms with Crippen LogP contribution in [0.25, 0.3) is 11.4 Å². The third kappa shape index (κ3) is 5.21. The molecule has 1 aromatic carbocycles. The lowest BCUT2D eigenvalue weighted by Crippen LogP contribution is -2.45. The third-order valence-corrected chi connectivity index (χ3v) is 6.31. The molecule has 0 bridgehead atoms. The van der Waals surface area contributed by atoms with E-state index in [1.165, 1.54) is 0 Å². The summed E-state index contributed by atoms with van der Waals surface area (Å²) in [5.74, 6) is 2.29. The van der Waals surface area contributed by atoms with Crippen LogP contribution in [0.1, 0.15) is 18.2 Å². The molecule has 2 amide bonds. The standard InChI is InChI=1S/C25H30N8O3/c1-17-16-36-14-12-33(17)23-20-15-32(24-26-8-2-9-27-24)11-7-21(20)30-22(31-23)18-3-5-19(6-4-18)29-25(35)28-10-13-34/h2-6,8-9,17,34H,7,10-16H2,1H3,(H2,28,29,35)/t17-/m0/s1. The SMILES string of the molecule is C[C@H]1COCCN1c1nc(-c2ccc(NC(=O)NCCO)cc2)nc2c1CN(c1ncccn1)CC2. The van der Waals surface area contributed by atoms with E-state index in [9.17, 15) is 4.79 Å². The number of nitrogens with zero attached hydrogens (tertiary/aromatic N) is 6. The van der Waals surface area contributed by atoms with Crippen LogP contribution < -0.4 is 20.4 Å². The predicted octanol–water partition coefficient (Wildman–Crippen LogP) is 1.84. The summed E-state index contributed by atoms with van der Waals surface area (Å²) in [6.07, 6.45) is 4.29. The Kier molecular flexibility index (Phi) is 7.19. The fraction of sp³-hybridized carbons (Fsp3) is 0.400. The number of urea groups is 1. The number of aliphatic hydroxyl groups excluding tert-OH is 1. The van der Waals surface area contributed by atoms with Crippen molar-refractivity contribution in [2.24, 2.45) is 0 Å². The van der Waals surface area contributed by atoms with E-state index in [4.69, 9.17) is 19.8 Å². The van der Waals surface area contributed by atoms with Crippen LogP contribution in [-0.2, 0) is 17.7 Å². The molecule has 1 fully saturated rings. The molecule has 1 atom stereocenters. The number of hydrogen-bond donors (Lipinski definition) is 3. The maximum absolute atomic E-state index is 11.9. The van der Waals surface area contributed by atoms with Crippen molar-refractivity contribution < 1.29 is 14.6 Å². The highest BCUT2D eigenvalue weighted by atomic mass is 16.5. The summed E-state index contributed by atoms with van der Waals surface area (Å²) in [5, 5.41) is 14.2. The van der Waals surface area contributed by atoms with Crippen molar-refractivity contribution in [1.82, 2.24) is 25.3 Å². The maximum Gasteiger partial charge on any atom is 0.319 e. The zero-order chi connectivity index (χ0) is 24.9. The maximum atomic E-state index is 11.9. The van der Waals surface area contributed by atoms with Crippen molar-refractivity contribution in [2.75, 3.05) is 54.6 Å². The van der Waals surface area contributed by atoms with Gasteiger partial charge in [0, 0.05) is 55.3 Å². The van der Waals surface area contributed by atoms with Crippen molar-refractivity contribution in [3.05, 3.63) is 54.0 Å². The van der Waals surface area contributed by atoms with E-state index in [1.807, 2.05) is 30.3 Å². The van der Waals surface area contributed by atoms with Crippen LogP contribution in [0.4, 0.5) is 22.2 Å². The number of rotatable bonds is 6. The summed E-state index contributed by atoms with van der Waals surface area (Å²) in [4.78, 5) is 35.2. The summed E-state index contributed by atoms with van der Waals surface area (Å²) < 4.78 is 5.68. The van der Waals surface area contributed by atoms with E-state index in [2.05, 4.69) is 37.3 Å². The molecule has 4 heterocycles. The number of aromatic nitrogens is 4. The number of hydrogen-bond acceptors (Lipinski definition) is 9. The molecule has 36 heavy (non-hydrogen) atoms. The Balaban J connectivity index is 1.45. The minimum absolute atomic E-state index is 0.109. The summed E-state index contributed by atoms with van der Waals surface area (Å²) >= 11 is 0. The Morgan fingerprint density at radius 1 is 1.17 bits per heavy atom. The van der Waals surface area contributed by atoms with Crippen LogP contribution in [0, 0.1) is 0 Å². The van der Waals surface area contributed by atoms with Crippen LogP contribution in [0.15, 0.2) is 42.7 Å². The van der Waals surface area contributed by atoms with Gasteiger partial charge in [0.05, 0.1) is 38.1 Å². The normalized spacial score (nSPS) is 17.4. The van der Waals surface area contributed by atoms with Crippen molar-refractivity contribution in [3.8, 4) is 11.4 Å². The van der Waals surface area contributed by atoms with Gasteiger partial charge in [0.25, 0.3) is 0 Å². The molecule has 11 heteroatoms. The van der Waals surface area contributed by atoms with Gasteiger partial charge in [-0.15, -0.1) is 0 Å². The number of nitrogens with one attached hydrogen (secondary N) is 2. The van der Waals surface area contributed by atoms with Crippen LogP contribution in [0.3, 0.4) is 0 Å². The molecule has 0 radical (unpaired) electrons. The Hall–Kier alpha value is -3.83. The predicted molar refractivity (Wildman–Crippen MR) is 136 cm³/mol. The molecule has 2 aromatic heterocycles. The molecule has 11 nitrogen and oxygen atoms in total. The first-order valence-corrected chi connectivity index (χ1v) is 12.1. The second-order valence-corrected chi connectivity index (χ2v) is 8.82. The average Bonchev–Trinajstić information content (AvgIpc) is 2.92. The molecule has 0 aliphatic carbocycles.